The molecule has 0 spiro atoms. The van der Waals surface area contributed by atoms with Crippen molar-refractivity contribution in [1.82, 2.24) is 9.80 Å². The van der Waals surface area contributed by atoms with E-state index in [2.05, 4.69) is 30.4 Å². The van der Waals surface area contributed by atoms with E-state index in [1.54, 1.807) is 0 Å². The quantitative estimate of drug-likeness (QED) is 0.662. The SMILES string of the molecule is C=C(C)C1(N2CCN(C)CC2)CCCCC1. The minimum Gasteiger partial charge on any atom is -0.304 e. The molecule has 0 bridgehead atoms. The van der Waals surface area contributed by atoms with Gasteiger partial charge in [-0.2, -0.15) is 0 Å². The summed E-state index contributed by atoms with van der Waals surface area (Å²) in [6, 6.07) is 0. The van der Waals surface area contributed by atoms with Gasteiger partial charge in [-0.1, -0.05) is 31.4 Å². The largest absolute Gasteiger partial charge is 0.304 e. The topological polar surface area (TPSA) is 6.48 Å². The standard InChI is InChI=1S/C14H26N2/c1-13(2)14(7-5-4-6-8-14)16-11-9-15(3)10-12-16/h1,4-12H2,2-3H3. The third-order valence-corrected chi connectivity index (χ3v) is 4.58. The maximum absolute atomic E-state index is 4.29. The van der Waals surface area contributed by atoms with Crippen LogP contribution in [0, 0.1) is 0 Å². The van der Waals surface area contributed by atoms with Crippen molar-refractivity contribution in [2.75, 3.05) is 33.2 Å². The first-order valence-corrected chi connectivity index (χ1v) is 6.75. The number of rotatable bonds is 2. The van der Waals surface area contributed by atoms with Crippen LogP contribution in [0.1, 0.15) is 39.0 Å². The van der Waals surface area contributed by atoms with Gasteiger partial charge in [-0.05, 0) is 26.8 Å². The highest BCUT2D eigenvalue weighted by Crippen LogP contribution is 2.39. The number of nitrogens with zero attached hydrogens (tertiary/aromatic N) is 2. The Kier molecular flexibility index (Phi) is 3.70. The Balaban J connectivity index is 2.09. The maximum Gasteiger partial charge on any atom is 0.0416 e. The van der Waals surface area contributed by atoms with E-state index in [9.17, 15) is 0 Å². The predicted molar refractivity (Wildman–Crippen MR) is 69.7 cm³/mol. The zero-order chi connectivity index (χ0) is 11.6. The van der Waals surface area contributed by atoms with Crippen LogP contribution >= 0.6 is 0 Å². The Morgan fingerprint density at radius 3 is 2.06 bits per heavy atom. The lowest BCUT2D eigenvalue weighted by atomic mass is 9.75. The Labute approximate surface area is 100 Å². The average molecular weight is 222 g/mol. The number of hydrogen-bond donors (Lipinski definition) is 0. The van der Waals surface area contributed by atoms with Gasteiger partial charge in [0.2, 0.25) is 0 Å². The molecule has 1 heterocycles. The zero-order valence-electron chi connectivity index (χ0n) is 11.0. The molecule has 0 aromatic rings. The van der Waals surface area contributed by atoms with Gasteiger partial charge < -0.3 is 4.90 Å². The second-order valence-corrected chi connectivity index (χ2v) is 5.66. The van der Waals surface area contributed by atoms with Crippen molar-refractivity contribution in [3.05, 3.63) is 12.2 Å². The van der Waals surface area contributed by atoms with E-state index in [-0.39, 0.29) is 0 Å². The fourth-order valence-corrected chi connectivity index (χ4v) is 3.38. The lowest BCUT2D eigenvalue weighted by molar-refractivity contribution is 0.0380. The summed E-state index contributed by atoms with van der Waals surface area (Å²) in [5, 5.41) is 0. The van der Waals surface area contributed by atoms with Crippen molar-refractivity contribution in [3.8, 4) is 0 Å². The molecule has 92 valence electrons. The van der Waals surface area contributed by atoms with Gasteiger partial charge in [-0.3, -0.25) is 4.90 Å². The van der Waals surface area contributed by atoms with E-state index in [0.29, 0.717) is 5.54 Å². The van der Waals surface area contributed by atoms with Crippen LogP contribution in [0.2, 0.25) is 0 Å². The third kappa shape index (κ3) is 2.18. The average Bonchev–Trinajstić information content (AvgIpc) is 2.30. The van der Waals surface area contributed by atoms with Gasteiger partial charge in [-0.15, -0.1) is 0 Å². The van der Waals surface area contributed by atoms with E-state index in [4.69, 9.17) is 0 Å². The molecule has 0 aromatic heterocycles. The van der Waals surface area contributed by atoms with Crippen LogP contribution in [-0.2, 0) is 0 Å². The van der Waals surface area contributed by atoms with Gasteiger partial charge in [0, 0.05) is 31.7 Å². The second-order valence-electron chi connectivity index (χ2n) is 5.66. The normalized spacial score (nSPS) is 27.9. The van der Waals surface area contributed by atoms with E-state index >= 15 is 0 Å². The Morgan fingerprint density at radius 2 is 1.56 bits per heavy atom. The minimum absolute atomic E-state index is 0.347. The first-order valence-electron chi connectivity index (χ1n) is 6.75. The van der Waals surface area contributed by atoms with Crippen LogP contribution in [0.3, 0.4) is 0 Å². The molecule has 0 aromatic carbocycles. The van der Waals surface area contributed by atoms with Gasteiger partial charge in [0.05, 0.1) is 0 Å². The molecule has 2 nitrogen and oxygen atoms in total. The van der Waals surface area contributed by atoms with Gasteiger partial charge in [-0.25, -0.2) is 0 Å². The molecule has 0 atom stereocenters. The highest BCUT2D eigenvalue weighted by molar-refractivity contribution is 5.16. The first kappa shape index (κ1) is 12.1. The van der Waals surface area contributed by atoms with Crippen molar-refractivity contribution in [1.29, 1.82) is 0 Å². The highest BCUT2D eigenvalue weighted by Gasteiger charge is 2.39. The van der Waals surface area contributed by atoms with Crippen LogP contribution < -0.4 is 0 Å². The number of likely N-dealkylation sites (N-methyl/N-ethyl adjacent to an activating group) is 1. The van der Waals surface area contributed by atoms with Crippen molar-refractivity contribution in [3.63, 3.8) is 0 Å². The van der Waals surface area contributed by atoms with E-state index in [0.717, 1.165) is 0 Å². The Morgan fingerprint density at radius 1 is 1.00 bits per heavy atom. The molecule has 1 aliphatic heterocycles. The first-order chi connectivity index (χ1) is 7.65. The van der Waals surface area contributed by atoms with E-state index in [1.807, 2.05) is 0 Å². The lowest BCUT2D eigenvalue weighted by Crippen LogP contribution is -2.57. The molecule has 1 saturated heterocycles. The molecular weight excluding hydrogens is 196 g/mol. The van der Waals surface area contributed by atoms with Crippen LogP contribution in [0.15, 0.2) is 12.2 Å². The molecule has 2 heteroatoms. The van der Waals surface area contributed by atoms with Crippen LogP contribution in [0.5, 0.6) is 0 Å². The van der Waals surface area contributed by atoms with E-state index < -0.39 is 0 Å². The molecule has 1 saturated carbocycles. The minimum atomic E-state index is 0.347. The molecule has 1 aliphatic carbocycles. The number of piperazine rings is 1. The third-order valence-electron chi connectivity index (χ3n) is 4.58. The van der Waals surface area contributed by atoms with Crippen molar-refractivity contribution in [2.45, 2.75) is 44.6 Å². The van der Waals surface area contributed by atoms with Crippen LogP contribution in [-0.4, -0.2) is 48.6 Å². The molecule has 0 unspecified atom stereocenters. The van der Waals surface area contributed by atoms with Gasteiger partial charge >= 0.3 is 0 Å². The molecular formula is C14H26N2. The molecule has 0 amide bonds. The van der Waals surface area contributed by atoms with Gasteiger partial charge in [0.25, 0.3) is 0 Å². The molecule has 2 fully saturated rings. The smallest absolute Gasteiger partial charge is 0.0416 e. The molecule has 2 aliphatic rings. The van der Waals surface area contributed by atoms with Crippen molar-refractivity contribution < 1.29 is 0 Å². The maximum atomic E-state index is 4.29. The fourth-order valence-electron chi connectivity index (χ4n) is 3.38. The van der Waals surface area contributed by atoms with E-state index in [1.165, 1.54) is 63.9 Å². The summed E-state index contributed by atoms with van der Waals surface area (Å²) >= 11 is 0. The Hall–Kier alpha value is -0.340. The summed E-state index contributed by atoms with van der Waals surface area (Å²) in [7, 11) is 2.23. The predicted octanol–water partition coefficient (Wildman–Crippen LogP) is 2.51. The lowest BCUT2D eigenvalue weighted by Gasteiger charge is -2.50. The van der Waals surface area contributed by atoms with Gasteiger partial charge in [0.1, 0.15) is 0 Å². The molecule has 2 rings (SSSR count). The molecule has 0 N–H and O–H groups in total. The van der Waals surface area contributed by atoms with Crippen molar-refractivity contribution in [2.24, 2.45) is 0 Å². The summed E-state index contributed by atoms with van der Waals surface area (Å²) in [6.45, 7) is 11.4. The summed E-state index contributed by atoms with van der Waals surface area (Å²) < 4.78 is 0. The zero-order valence-corrected chi connectivity index (χ0v) is 11.0. The second kappa shape index (κ2) is 4.89. The van der Waals surface area contributed by atoms with Crippen LogP contribution in [0.25, 0.3) is 0 Å². The monoisotopic (exact) mass is 222 g/mol. The molecule has 0 radical (unpaired) electrons. The van der Waals surface area contributed by atoms with Crippen LogP contribution in [0.4, 0.5) is 0 Å². The highest BCUT2D eigenvalue weighted by atomic mass is 15.3. The molecule has 16 heavy (non-hydrogen) atoms. The fraction of sp³-hybridized carbons (Fsp3) is 0.857. The summed E-state index contributed by atoms with van der Waals surface area (Å²) in [5.74, 6) is 0. The number of hydrogen-bond acceptors (Lipinski definition) is 2. The summed E-state index contributed by atoms with van der Waals surface area (Å²) in [5.41, 5.74) is 1.75. The summed E-state index contributed by atoms with van der Waals surface area (Å²) in [6.07, 6.45) is 6.87. The van der Waals surface area contributed by atoms with Crippen molar-refractivity contribution >= 4 is 0 Å². The Bertz CT molecular complexity index is 245. The van der Waals surface area contributed by atoms with Gasteiger partial charge in [0.15, 0.2) is 0 Å². The summed E-state index contributed by atoms with van der Waals surface area (Å²) in [4.78, 5) is 5.15.